The Bertz CT molecular complexity index is 437. The Morgan fingerprint density at radius 1 is 1.05 bits per heavy atom. The summed E-state index contributed by atoms with van der Waals surface area (Å²) >= 11 is 6.16. The van der Waals surface area contributed by atoms with Crippen LogP contribution in [0.5, 0.6) is 0 Å². The molecule has 1 aromatic rings. The summed E-state index contributed by atoms with van der Waals surface area (Å²) in [7, 11) is 2.16. The van der Waals surface area contributed by atoms with Gasteiger partial charge in [-0.3, -0.25) is 0 Å². The lowest BCUT2D eigenvalue weighted by Gasteiger charge is -2.28. The molecule has 3 rings (SSSR count). The SMILES string of the molecule is CN(c1cc(Cl)nc(C2CC2)n1)C1CCCCCC1. The van der Waals surface area contributed by atoms with Crippen LogP contribution in [0, 0.1) is 0 Å². The van der Waals surface area contributed by atoms with Gasteiger partial charge in [-0.2, -0.15) is 0 Å². The molecule has 3 nitrogen and oxygen atoms in total. The molecule has 0 atom stereocenters. The van der Waals surface area contributed by atoms with Gasteiger partial charge < -0.3 is 4.90 Å². The average Bonchev–Trinajstić information content (AvgIpc) is 3.23. The average molecular weight is 280 g/mol. The van der Waals surface area contributed by atoms with Crippen LogP contribution in [0.15, 0.2) is 6.07 Å². The van der Waals surface area contributed by atoms with Crippen LogP contribution in [-0.4, -0.2) is 23.1 Å². The molecule has 2 aliphatic carbocycles. The molecule has 0 radical (unpaired) electrons. The molecular weight excluding hydrogens is 258 g/mol. The molecule has 0 aliphatic heterocycles. The summed E-state index contributed by atoms with van der Waals surface area (Å²) in [4.78, 5) is 11.4. The zero-order valence-corrected chi connectivity index (χ0v) is 12.4. The maximum absolute atomic E-state index is 6.16. The Balaban J connectivity index is 1.79. The molecule has 2 saturated carbocycles. The van der Waals surface area contributed by atoms with Gasteiger partial charge in [0.25, 0.3) is 0 Å². The van der Waals surface area contributed by atoms with Gasteiger partial charge in [0.2, 0.25) is 0 Å². The predicted octanol–water partition coefficient (Wildman–Crippen LogP) is 4.17. The van der Waals surface area contributed by atoms with E-state index in [1.54, 1.807) is 0 Å². The van der Waals surface area contributed by atoms with Crippen molar-refractivity contribution in [3.8, 4) is 0 Å². The van der Waals surface area contributed by atoms with Crippen molar-refractivity contribution in [3.05, 3.63) is 17.0 Å². The first-order valence-corrected chi connectivity index (χ1v) is 7.89. The van der Waals surface area contributed by atoms with E-state index in [4.69, 9.17) is 16.6 Å². The number of rotatable bonds is 3. The molecule has 0 spiro atoms. The summed E-state index contributed by atoms with van der Waals surface area (Å²) in [6, 6.07) is 2.53. The molecule has 0 amide bonds. The third kappa shape index (κ3) is 3.19. The third-order valence-corrected chi connectivity index (χ3v) is 4.57. The first-order chi connectivity index (χ1) is 9.24. The largest absolute Gasteiger partial charge is 0.357 e. The lowest BCUT2D eigenvalue weighted by atomic mass is 10.1. The van der Waals surface area contributed by atoms with Crippen molar-refractivity contribution in [2.24, 2.45) is 0 Å². The summed E-state index contributed by atoms with van der Waals surface area (Å²) in [6.45, 7) is 0. The van der Waals surface area contributed by atoms with Gasteiger partial charge in [0.1, 0.15) is 16.8 Å². The second-order valence-corrected chi connectivity index (χ2v) is 6.32. The molecule has 0 saturated heterocycles. The Labute approximate surface area is 120 Å². The maximum atomic E-state index is 6.16. The van der Waals surface area contributed by atoms with E-state index in [1.807, 2.05) is 6.07 Å². The van der Waals surface area contributed by atoms with Gasteiger partial charge in [0.15, 0.2) is 0 Å². The highest BCUT2D eigenvalue weighted by molar-refractivity contribution is 6.29. The number of aromatic nitrogens is 2. The molecule has 0 aromatic carbocycles. The van der Waals surface area contributed by atoms with E-state index >= 15 is 0 Å². The number of halogens is 1. The zero-order chi connectivity index (χ0) is 13.2. The van der Waals surface area contributed by atoms with Gasteiger partial charge >= 0.3 is 0 Å². The molecule has 104 valence electrons. The van der Waals surface area contributed by atoms with E-state index in [1.165, 1.54) is 51.4 Å². The highest BCUT2D eigenvalue weighted by Gasteiger charge is 2.28. The Morgan fingerprint density at radius 3 is 2.37 bits per heavy atom. The minimum atomic E-state index is 0.556. The second kappa shape index (κ2) is 5.66. The van der Waals surface area contributed by atoms with Crippen LogP contribution < -0.4 is 4.90 Å². The van der Waals surface area contributed by atoms with Crippen molar-refractivity contribution >= 4 is 17.4 Å². The zero-order valence-electron chi connectivity index (χ0n) is 11.6. The minimum Gasteiger partial charge on any atom is -0.357 e. The van der Waals surface area contributed by atoms with Gasteiger partial charge in [-0.25, -0.2) is 9.97 Å². The standard InChI is InChI=1S/C15H22ClN3/c1-19(12-6-4-2-3-5-7-12)14-10-13(16)17-15(18-14)11-8-9-11/h10-12H,2-9H2,1H3. The third-order valence-electron chi connectivity index (χ3n) is 4.37. The van der Waals surface area contributed by atoms with Gasteiger partial charge in [-0.05, 0) is 25.7 Å². The predicted molar refractivity (Wildman–Crippen MR) is 78.9 cm³/mol. The molecule has 0 unspecified atom stereocenters. The number of hydrogen-bond donors (Lipinski definition) is 0. The van der Waals surface area contributed by atoms with Crippen LogP contribution in [-0.2, 0) is 0 Å². The molecule has 1 heterocycles. The topological polar surface area (TPSA) is 29.0 Å². The minimum absolute atomic E-state index is 0.556. The summed E-state index contributed by atoms with van der Waals surface area (Å²) < 4.78 is 0. The Hall–Kier alpha value is -0.830. The van der Waals surface area contributed by atoms with Crippen LogP contribution in [0.3, 0.4) is 0 Å². The normalized spacial score (nSPS) is 21.2. The highest BCUT2D eigenvalue weighted by Crippen LogP contribution is 2.39. The second-order valence-electron chi connectivity index (χ2n) is 5.94. The number of nitrogens with zero attached hydrogens (tertiary/aromatic N) is 3. The number of hydrogen-bond acceptors (Lipinski definition) is 3. The van der Waals surface area contributed by atoms with Crippen LogP contribution in [0.2, 0.25) is 5.15 Å². The number of anilines is 1. The lowest BCUT2D eigenvalue weighted by Crippen LogP contribution is -2.32. The molecule has 19 heavy (non-hydrogen) atoms. The smallest absolute Gasteiger partial charge is 0.135 e. The quantitative estimate of drug-likeness (QED) is 0.614. The van der Waals surface area contributed by atoms with Crippen molar-refractivity contribution in [1.82, 2.24) is 9.97 Å². The van der Waals surface area contributed by atoms with E-state index in [0.29, 0.717) is 17.1 Å². The lowest BCUT2D eigenvalue weighted by molar-refractivity contribution is 0.548. The van der Waals surface area contributed by atoms with E-state index in [9.17, 15) is 0 Å². The molecule has 0 N–H and O–H groups in total. The van der Waals surface area contributed by atoms with Crippen molar-refractivity contribution < 1.29 is 0 Å². The van der Waals surface area contributed by atoms with Crippen molar-refractivity contribution in [3.63, 3.8) is 0 Å². The van der Waals surface area contributed by atoms with Crippen LogP contribution in [0.4, 0.5) is 5.82 Å². The molecule has 2 aliphatic rings. The van der Waals surface area contributed by atoms with Gasteiger partial charge in [-0.15, -0.1) is 0 Å². The van der Waals surface area contributed by atoms with Gasteiger partial charge in [0, 0.05) is 25.1 Å². The van der Waals surface area contributed by atoms with Gasteiger partial charge in [0.05, 0.1) is 0 Å². The van der Waals surface area contributed by atoms with Crippen molar-refractivity contribution in [2.75, 3.05) is 11.9 Å². The van der Waals surface area contributed by atoms with E-state index in [2.05, 4.69) is 16.9 Å². The van der Waals surface area contributed by atoms with Crippen LogP contribution >= 0.6 is 11.6 Å². The molecule has 2 fully saturated rings. The fourth-order valence-electron chi connectivity index (χ4n) is 2.96. The molecule has 0 bridgehead atoms. The summed E-state index contributed by atoms with van der Waals surface area (Å²) in [5.41, 5.74) is 0. The first-order valence-electron chi connectivity index (χ1n) is 7.51. The summed E-state index contributed by atoms with van der Waals surface area (Å²) in [5, 5.41) is 0.590. The molecule has 1 aromatic heterocycles. The van der Waals surface area contributed by atoms with E-state index in [0.717, 1.165) is 11.6 Å². The van der Waals surface area contributed by atoms with E-state index < -0.39 is 0 Å². The van der Waals surface area contributed by atoms with Crippen LogP contribution in [0.1, 0.15) is 63.1 Å². The van der Waals surface area contributed by atoms with Crippen molar-refractivity contribution in [2.45, 2.75) is 63.3 Å². The molecular formula is C15H22ClN3. The maximum Gasteiger partial charge on any atom is 0.135 e. The first kappa shape index (κ1) is 13.2. The summed E-state index contributed by atoms with van der Waals surface area (Å²) in [6.07, 6.45) is 10.4. The Kier molecular flexibility index (Phi) is 3.92. The van der Waals surface area contributed by atoms with Crippen molar-refractivity contribution in [1.29, 1.82) is 0 Å². The van der Waals surface area contributed by atoms with E-state index in [-0.39, 0.29) is 0 Å². The fourth-order valence-corrected chi connectivity index (χ4v) is 3.14. The highest BCUT2D eigenvalue weighted by atomic mass is 35.5. The van der Waals surface area contributed by atoms with Gasteiger partial charge in [-0.1, -0.05) is 37.3 Å². The molecule has 4 heteroatoms. The summed E-state index contributed by atoms with van der Waals surface area (Å²) in [5.74, 6) is 2.51. The van der Waals surface area contributed by atoms with Crippen LogP contribution in [0.25, 0.3) is 0 Å². The fraction of sp³-hybridized carbons (Fsp3) is 0.733. The Morgan fingerprint density at radius 2 is 1.74 bits per heavy atom. The monoisotopic (exact) mass is 279 g/mol.